The van der Waals surface area contributed by atoms with Crippen molar-refractivity contribution in [3.8, 4) is 0 Å². The lowest BCUT2D eigenvalue weighted by atomic mass is 9.74. The van der Waals surface area contributed by atoms with E-state index in [4.69, 9.17) is 0 Å². The Morgan fingerprint density at radius 2 is 1.77 bits per heavy atom. The molecule has 1 spiro atoms. The maximum Gasteiger partial charge on any atom is 0.262 e. The fourth-order valence-corrected chi connectivity index (χ4v) is 5.85. The van der Waals surface area contributed by atoms with Crippen LogP contribution in [-0.2, 0) is 16.1 Å². The van der Waals surface area contributed by atoms with Gasteiger partial charge in [-0.1, -0.05) is 12.5 Å². The molecule has 5 rings (SSSR count). The molecule has 31 heavy (non-hydrogen) atoms. The van der Waals surface area contributed by atoms with Crippen LogP contribution in [0.2, 0.25) is 0 Å². The Bertz CT molecular complexity index is 953. The van der Waals surface area contributed by atoms with Crippen LogP contribution in [0.1, 0.15) is 71.2 Å². The molecule has 3 aliphatic heterocycles. The molecule has 0 radical (unpaired) electrons. The monoisotopic (exact) mass is 424 g/mol. The van der Waals surface area contributed by atoms with Crippen LogP contribution < -0.4 is 16.0 Å². The molecule has 1 aromatic rings. The molecule has 2 unspecified atom stereocenters. The van der Waals surface area contributed by atoms with Crippen LogP contribution >= 0.6 is 0 Å². The first-order valence-corrected chi connectivity index (χ1v) is 11.3. The normalized spacial score (nSPS) is 27.7. The fraction of sp³-hybridized carbons (Fsp3) is 0.565. The smallest absolute Gasteiger partial charge is 0.262 e. The van der Waals surface area contributed by atoms with E-state index in [1.165, 1.54) is 32.1 Å². The summed E-state index contributed by atoms with van der Waals surface area (Å²) in [6.07, 6.45) is 6.37. The molecule has 1 aliphatic carbocycles. The highest BCUT2D eigenvalue weighted by molar-refractivity contribution is 6.23. The predicted octanol–water partition coefficient (Wildman–Crippen LogP) is 1.10. The zero-order valence-corrected chi connectivity index (χ0v) is 17.5. The fourth-order valence-electron chi connectivity index (χ4n) is 5.85. The number of rotatable bonds is 4. The molecule has 164 valence electrons. The van der Waals surface area contributed by atoms with Crippen molar-refractivity contribution < 1.29 is 19.2 Å². The van der Waals surface area contributed by atoms with Crippen LogP contribution in [0, 0.1) is 5.41 Å². The Kier molecular flexibility index (Phi) is 5.14. The van der Waals surface area contributed by atoms with Crippen molar-refractivity contribution in [1.29, 1.82) is 0 Å². The van der Waals surface area contributed by atoms with Crippen LogP contribution in [0.15, 0.2) is 18.2 Å². The minimum absolute atomic E-state index is 0.123. The van der Waals surface area contributed by atoms with Gasteiger partial charge in [0.05, 0.1) is 11.1 Å². The summed E-state index contributed by atoms with van der Waals surface area (Å²) in [6, 6.07) is 4.89. The van der Waals surface area contributed by atoms with Crippen LogP contribution in [0.4, 0.5) is 0 Å². The Labute approximate surface area is 181 Å². The van der Waals surface area contributed by atoms with E-state index in [0.29, 0.717) is 29.1 Å². The molecule has 3 fully saturated rings. The van der Waals surface area contributed by atoms with E-state index in [9.17, 15) is 19.2 Å². The van der Waals surface area contributed by atoms with E-state index in [1.54, 1.807) is 12.1 Å². The topological polar surface area (TPSA) is 108 Å². The number of benzene rings is 1. The lowest BCUT2D eigenvalue weighted by molar-refractivity contribution is -0.136. The van der Waals surface area contributed by atoms with Gasteiger partial charge in [0.2, 0.25) is 11.8 Å². The largest absolute Gasteiger partial charge is 0.317 e. The number of carbonyl (C=O) groups excluding carboxylic acids is 4. The Morgan fingerprint density at radius 3 is 2.55 bits per heavy atom. The number of nitrogens with one attached hydrogen (secondary N) is 3. The number of piperidine rings is 2. The van der Waals surface area contributed by atoms with Crippen molar-refractivity contribution in [2.24, 2.45) is 5.41 Å². The van der Waals surface area contributed by atoms with Gasteiger partial charge in [0, 0.05) is 19.0 Å². The average molecular weight is 425 g/mol. The van der Waals surface area contributed by atoms with Crippen molar-refractivity contribution in [1.82, 2.24) is 20.9 Å². The molecular weight excluding hydrogens is 396 g/mol. The SMILES string of the molecule is O=C1CCC(N2C(=O)c3ccc(CNC4CCCC45CCNCC5)cc3C2=O)C(=O)N1. The first-order valence-electron chi connectivity index (χ1n) is 11.3. The zero-order chi connectivity index (χ0) is 21.6. The molecule has 3 heterocycles. The molecular formula is C23H28N4O4. The van der Waals surface area contributed by atoms with Gasteiger partial charge in [-0.25, -0.2) is 0 Å². The van der Waals surface area contributed by atoms with Gasteiger partial charge in [0.1, 0.15) is 6.04 Å². The zero-order valence-electron chi connectivity index (χ0n) is 17.5. The molecule has 1 saturated carbocycles. The van der Waals surface area contributed by atoms with E-state index in [2.05, 4.69) is 16.0 Å². The summed E-state index contributed by atoms with van der Waals surface area (Å²) >= 11 is 0. The van der Waals surface area contributed by atoms with E-state index >= 15 is 0 Å². The summed E-state index contributed by atoms with van der Waals surface area (Å²) in [5, 5.41) is 9.41. The summed E-state index contributed by atoms with van der Waals surface area (Å²) in [4.78, 5) is 50.5. The highest BCUT2D eigenvalue weighted by Gasteiger charge is 2.45. The summed E-state index contributed by atoms with van der Waals surface area (Å²) in [7, 11) is 0. The third-order valence-corrected chi connectivity index (χ3v) is 7.56. The first kappa shape index (κ1) is 20.3. The van der Waals surface area contributed by atoms with Crippen LogP contribution in [0.3, 0.4) is 0 Å². The molecule has 0 aromatic heterocycles. The average Bonchev–Trinajstić information content (AvgIpc) is 3.25. The summed E-state index contributed by atoms with van der Waals surface area (Å²) in [5.74, 6) is -1.86. The van der Waals surface area contributed by atoms with Gasteiger partial charge in [0.15, 0.2) is 0 Å². The van der Waals surface area contributed by atoms with E-state index in [0.717, 1.165) is 23.6 Å². The van der Waals surface area contributed by atoms with E-state index in [-0.39, 0.29) is 18.7 Å². The van der Waals surface area contributed by atoms with Crippen molar-refractivity contribution in [3.63, 3.8) is 0 Å². The van der Waals surface area contributed by atoms with Crippen molar-refractivity contribution in [2.75, 3.05) is 13.1 Å². The van der Waals surface area contributed by atoms with Crippen LogP contribution in [0.25, 0.3) is 0 Å². The summed E-state index contributed by atoms with van der Waals surface area (Å²) in [6.45, 7) is 2.79. The van der Waals surface area contributed by atoms with Gasteiger partial charge in [-0.05, 0) is 68.3 Å². The maximum absolute atomic E-state index is 13.0. The number of hydrogen-bond acceptors (Lipinski definition) is 6. The number of carbonyl (C=O) groups is 4. The number of imide groups is 2. The Hall–Kier alpha value is -2.58. The second kappa shape index (κ2) is 7.84. The van der Waals surface area contributed by atoms with Crippen molar-refractivity contribution in [3.05, 3.63) is 34.9 Å². The maximum atomic E-state index is 13.0. The molecule has 0 bridgehead atoms. The first-order chi connectivity index (χ1) is 15.0. The lowest BCUT2D eigenvalue weighted by Crippen LogP contribution is -2.54. The minimum atomic E-state index is -0.926. The van der Waals surface area contributed by atoms with E-state index < -0.39 is 23.8 Å². The molecule has 2 atom stereocenters. The molecule has 4 amide bonds. The Balaban J connectivity index is 1.30. The highest BCUT2D eigenvalue weighted by atomic mass is 16.2. The van der Waals surface area contributed by atoms with Gasteiger partial charge in [-0.15, -0.1) is 0 Å². The van der Waals surface area contributed by atoms with Crippen molar-refractivity contribution >= 4 is 23.6 Å². The lowest BCUT2D eigenvalue weighted by Gasteiger charge is -2.40. The Morgan fingerprint density at radius 1 is 1.00 bits per heavy atom. The number of fused-ring (bicyclic) bond motifs is 1. The molecule has 1 aromatic carbocycles. The molecule has 8 heteroatoms. The number of amides is 4. The molecule has 4 aliphatic rings. The standard InChI is InChI=1S/C23H28N4O4/c28-19-6-5-17(20(29)26-19)27-21(30)15-4-3-14(12-16(15)22(27)31)13-25-18-2-1-7-23(18)8-10-24-11-9-23/h3-4,12,17-18,24-25H,1-2,5-11,13H2,(H,26,28,29). The van der Waals surface area contributed by atoms with Gasteiger partial charge >= 0.3 is 0 Å². The number of hydrogen-bond donors (Lipinski definition) is 3. The van der Waals surface area contributed by atoms with Gasteiger partial charge in [0.25, 0.3) is 11.8 Å². The highest BCUT2D eigenvalue weighted by Crippen LogP contribution is 2.45. The van der Waals surface area contributed by atoms with Gasteiger partial charge in [-0.3, -0.25) is 29.4 Å². The van der Waals surface area contributed by atoms with Gasteiger partial charge in [-0.2, -0.15) is 0 Å². The summed E-state index contributed by atoms with van der Waals surface area (Å²) in [5.41, 5.74) is 2.00. The quantitative estimate of drug-likeness (QED) is 0.625. The van der Waals surface area contributed by atoms with Crippen LogP contribution in [0.5, 0.6) is 0 Å². The third-order valence-electron chi connectivity index (χ3n) is 7.56. The molecule has 3 N–H and O–H groups in total. The minimum Gasteiger partial charge on any atom is -0.317 e. The molecule has 8 nitrogen and oxygen atoms in total. The van der Waals surface area contributed by atoms with Crippen LogP contribution in [-0.4, -0.2) is 53.7 Å². The second-order valence-corrected chi connectivity index (χ2v) is 9.27. The van der Waals surface area contributed by atoms with E-state index in [1.807, 2.05) is 6.07 Å². The predicted molar refractivity (Wildman–Crippen MR) is 112 cm³/mol. The third kappa shape index (κ3) is 3.47. The van der Waals surface area contributed by atoms with Gasteiger partial charge < -0.3 is 10.6 Å². The summed E-state index contributed by atoms with van der Waals surface area (Å²) < 4.78 is 0. The molecule has 2 saturated heterocycles. The number of nitrogens with zero attached hydrogens (tertiary/aromatic N) is 1. The van der Waals surface area contributed by atoms with Crippen molar-refractivity contribution in [2.45, 2.75) is 63.6 Å². The second-order valence-electron chi connectivity index (χ2n) is 9.27.